The molecule has 1 aliphatic rings. The van der Waals surface area contributed by atoms with E-state index in [2.05, 4.69) is 17.0 Å². The molecule has 84 valence electrons. The van der Waals surface area contributed by atoms with E-state index in [-0.39, 0.29) is 11.8 Å². The first-order valence-corrected chi connectivity index (χ1v) is 6.83. The van der Waals surface area contributed by atoms with Crippen LogP contribution in [0.3, 0.4) is 0 Å². The first kappa shape index (κ1) is 11.9. The summed E-state index contributed by atoms with van der Waals surface area (Å²) in [6.45, 7) is 2.68. The molecule has 0 aromatic rings. The zero-order valence-electron chi connectivity index (χ0n) is 8.91. The van der Waals surface area contributed by atoms with Crippen LogP contribution in [0.15, 0.2) is 0 Å². The summed E-state index contributed by atoms with van der Waals surface area (Å²) in [4.78, 5) is 0. The Morgan fingerprint density at radius 3 is 2.57 bits per heavy atom. The van der Waals surface area contributed by atoms with E-state index in [1.54, 1.807) is 7.05 Å². The summed E-state index contributed by atoms with van der Waals surface area (Å²) in [5.41, 5.74) is 0. The highest BCUT2D eigenvalue weighted by molar-refractivity contribution is 7.89. The molecule has 0 aliphatic heterocycles. The van der Waals surface area contributed by atoms with Gasteiger partial charge in [-0.3, -0.25) is 0 Å². The molecule has 0 saturated heterocycles. The fourth-order valence-electron chi connectivity index (χ4n) is 1.86. The van der Waals surface area contributed by atoms with Gasteiger partial charge in [-0.05, 0) is 32.2 Å². The molecule has 0 radical (unpaired) electrons. The number of hydrogen-bond donors (Lipinski definition) is 2. The highest BCUT2D eigenvalue weighted by atomic mass is 32.2. The highest BCUT2D eigenvalue weighted by Crippen LogP contribution is 2.24. The number of nitrogens with one attached hydrogen (secondary N) is 2. The van der Waals surface area contributed by atoms with Gasteiger partial charge in [0.1, 0.15) is 0 Å². The molecule has 2 atom stereocenters. The monoisotopic (exact) mass is 220 g/mol. The molecule has 2 unspecified atom stereocenters. The SMILES string of the molecule is CNCCS(=O)(=O)NC1CCC(C)C1. The third-order valence-electron chi connectivity index (χ3n) is 2.66. The molecule has 1 rings (SSSR count). The predicted octanol–water partition coefficient (Wildman–Crippen LogP) is 0.314. The van der Waals surface area contributed by atoms with E-state index in [9.17, 15) is 8.42 Å². The number of sulfonamides is 1. The maximum atomic E-state index is 11.5. The van der Waals surface area contributed by atoms with Crippen molar-refractivity contribution in [2.75, 3.05) is 19.3 Å². The Morgan fingerprint density at radius 2 is 2.07 bits per heavy atom. The Balaban J connectivity index is 2.35. The average molecular weight is 220 g/mol. The summed E-state index contributed by atoms with van der Waals surface area (Å²) in [6, 6.07) is 0.173. The van der Waals surface area contributed by atoms with Crippen molar-refractivity contribution >= 4 is 10.0 Å². The minimum Gasteiger partial charge on any atom is -0.319 e. The van der Waals surface area contributed by atoms with Crippen molar-refractivity contribution in [3.63, 3.8) is 0 Å². The molecule has 1 saturated carbocycles. The number of hydrogen-bond acceptors (Lipinski definition) is 3. The molecule has 0 aromatic carbocycles. The van der Waals surface area contributed by atoms with E-state index < -0.39 is 10.0 Å². The van der Waals surface area contributed by atoms with Crippen molar-refractivity contribution in [2.45, 2.75) is 32.2 Å². The second-order valence-corrected chi connectivity index (χ2v) is 6.03. The smallest absolute Gasteiger partial charge is 0.213 e. The van der Waals surface area contributed by atoms with Crippen LogP contribution < -0.4 is 10.0 Å². The number of rotatable bonds is 5. The topological polar surface area (TPSA) is 58.2 Å². The molecule has 5 heteroatoms. The molecule has 0 amide bonds. The van der Waals surface area contributed by atoms with Gasteiger partial charge in [-0.2, -0.15) is 0 Å². The standard InChI is InChI=1S/C9H20N2O2S/c1-8-3-4-9(7-8)11-14(12,13)6-5-10-2/h8-11H,3-7H2,1-2H3. The van der Waals surface area contributed by atoms with E-state index in [4.69, 9.17) is 0 Å². The Hall–Kier alpha value is -0.130. The molecular weight excluding hydrogens is 200 g/mol. The fraction of sp³-hybridized carbons (Fsp3) is 1.00. The minimum absolute atomic E-state index is 0.173. The Kier molecular flexibility index (Phi) is 4.34. The van der Waals surface area contributed by atoms with Gasteiger partial charge in [0.25, 0.3) is 0 Å². The lowest BCUT2D eigenvalue weighted by molar-refractivity contribution is 0.537. The van der Waals surface area contributed by atoms with Crippen LogP contribution in [0.4, 0.5) is 0 Å². The quantitative estimate of drug-likeness (QED) is 0.701. The van der Waals surface area contributed by atoms with Gasteiger partial charge in [-0.15, -0.1) is 0 Å². The van der Waals surface area contributed by atoms with Crippen LogP contribution in [0.5, 0.6) is 0 Å². The molecule has 14 heavy (non-hydrogen) atoms. The third kappa shape index (κ3) is 3.94. The van der Waals surface area contributed by atoms with E-state index in [1.807, 2.05) is 0 Å². The lowest BCUT2D eigenvalue weighted by Crippen LogP contribution is -2.37. The highest BCUT2D eigenvalue weighted by Gasteiger charge is 2.24. The third-order valence-corrected chi connectivity index (χ3v) is 4.10. The fourth-order valence-corrected chi connectivity index (χ4v) is 3.18. The van der Waals surface area contributed by atoms with Gasteiger partial charge in [0.2, 0.25) is 10.0 Å². The lowest BCUT2D eigenvalue weighted by Gasteiger charge is -2.12. The Morgan fingerprint density at radius 1 is 1.36 bits per heavy atom. The van der Waals surface area contributed by atoms with Crippen LogP contribution in [0, 0.1) is 5.92 Å². The van der Waals surface area contributed by atoms with Gasteiger partial charge in [-0.1, -0.05) is 6.92 Å². The van der Waals surface area contributed by atoms with Gasteiger partial charge in [0.15, 0.2) is 0 Å². The Labute approximate surface area is 86.5 Å². The summed E-state index contributed by atoms with van der Waals surface area (Å²) in [5.74, 6) is 0.834. The maximum absolute atomic E-state index is 11.5. The normalized spacial score (nSPS) is 28.1. The summed E-state index contributed by atoms with van der Waals surface area (Å²) in [7, 11) is -1.31. The van der Waals surface area contributed by atoms with Crippen LogP contribution in [0.1, 0.15) is 26.2 Å². The summed E-state index contributed by atoms with van der Waals surface area (Å²) in [5, 5.41) is 2.84. The first-order chi connectivity index (χ1) is 6.53. The molecule has 0 aromatic heterocycles. The van der Waals surface area contributed by atoms with Crippen LogP contribution in [-0.2, 0) is 10.0 Å². The minimum atomic E-state index is -3.06. The molecule has 1 aliphatic carbocycles. The van der Waals surface area contributed by atoms with Crippen LogP contribution >= 0.6 is 0 Å². The van der Waals surface area contributed by atoms with Crippen molar-refractivity contribution in [1.29, 1.82) is 0 Å². The summed E-state index contributed by atoms with van der Waals surface area (Å²) < 4.78 is 25.8. The maximum Gasteiger partial charge on any atom is 0.213 e. The van der Waals surface area contributed by atoms with E-state index >= 15 is 0 Å². The van der Waals surface area contributed by atoms with Crippen LogP contribution in [-0.4, -0.2) is 33.8 Å². The van der Waals surface area contributed by atoms with E-state index in [1.165, 1.54) is 0 Å². The largest absolute Gasteiger partial charge is 0.319 e. The first-order valence-electron chi connectivity index (χ1n) is 5.18. The molecule has 0 spiro atoms. The summed E-state index contributed by atoms with van der Waals surface area (Å²) >= 11 is 0. The molecular formula is C9H20N2O2S. The zero-order chi connectivity index (χ0) is 10.6. The second kappa shape index (κ2) is 5.09. The van der Waals surface area contributed by atoms with E-state index in [0.29, 0.717) is 12.5 Å². The van der Waals surface area contributed by atoms with Gasteiger partial charge < -0.3 is 5.32 Å². The van der Waals surface area contributed by atoms with Crippen LogP contribution in [0.2, 0.25) is 0 Å². The Bertz CT molecular complexity index is 264. The molecule has 2 N–H and O–H groups in total. The van der Waals surface area contributed by atoms with Crippen molar-refractivity contribution in [3.8, 4) is 0 Å². The van der Waals surface area contributed by atoms with Gasteiger partial charge >= 0.3 is 0 Å². The molecule has 1 fully saturated rings. The molecule has 0 bridgehead atoms. The van der Waals surface area contributed by atoms with Crippen molar-refractivity contribution in [3.05, 3.63) is 0 Å². The van der Waals surface area contributed by atoms with Gasteiger partial charge in [0.05, 0.1) is 5.75 Å². The lowest BCUT2D eigenvalue weighted by atomic mass is 10.1. The van der Waals surface area contributed by atoms with Crippen molar-refractivity contribution in [2.24, 2.45) is 5.92 Å². The van der Waals surface area contributed by atoms with Gasteiger partial charge in [-0.25, -0.2) is 13.1 Å². The van der Waals surface area contributed by atoms with E-state index in [0.717, 1.165) is 19.3 Å². The van der Waals surface area contributed by atoms with Gasteiger partial charge in [0, 0.05) is 12.6 Å². The van der Waals surface area contributed by atoms with Crippen LogP contribution in [0.25, 0.3) is 0 Å². The summed E-state index contributed by atoms with van der Waals surface area (Å²) in [6.07, 6.45) is 3.11. The molecule has 0 heterocycles. The zero-order valence-corrected chi connectivity index (χ0v) is 9.73. The average Bonchev–Trinajstić information content (AvgIpc) is 2.47. The second-order valence-electron chi connectivity index (χ2n) is 4.16. The van der Waals surface area contributed by atoms with Crippen molar-refractivity contribution < 1.29 is 8.42 Å². The van der Waals surface area contributed by atoms with Crippen molar-refractivity contribution in [1.82, 2.24) is 10.0 Å². The molecule has 4 nitrogen and oxygen atoms in total. The predicted molar refractivity (Wildman–Crippen MR) is 57.7 cm³/mol.